The van der Waals surface area contributed by atoms with Crippen LogP contribution in [0, 0.1) is 0 Å². The van der Waals surface area contributed by atoms with Crippen LogP contribution in [-0.2, 0) is 19.0 Å². The van der Waals surface area contributed by atoms with Crippen LogP contribution in [0.4, 0.5) is 0 Å². The number of carbonyl (C=O) groups is 1. The van der Waals surface area contributed by atoms with Crippen molar-refractivity contribution in [3.05, 3.63) is 0 Å². The molecule has 152 valence electrons. The third-order valence-electron chi connectivity index (χ3n) is 4.38. The molecule has 0 bridgehead atoms. The molecule has 0 aliphatic carbocycles. The van der Waals surface area contributed by atoms with Crippen LogP contribution < -0.4 is 5.32 Å². The fourth-order valence-electron chi connectivity index (χ4n) is 2.98. The molecule has 0 unspecified atom stereocenters. The molecule has 0 aromatic heterocycles. The molecule has 0 saturated carbocycles. The largest absolute Gasteiger partial charge is 0.394 e. The lowest BCUT2D eigenvalue weighted by atomic mass is 9.95. The second-order valence-corrected chi connectivity index (χ2v) is 6.26. The number of ether oxygens (including phenoxy) is 3. The second kappa shape index (κ2) is 8.84. The maximum absolute atomic E-state index is 11.2. The molecule has 2 heterocycles. The molecular formula is C14H25NO11. The summed E-state index contributed by atoms with van der Waals surface area (Å²) in [5.41, 5.74) is 0. The second-order valence-electron chi connectivity index (χ2n) is 6.26. The molecule has 2 aliphatic rings. The van der Waals surface area contributed by atoms with E-state index in [0.717, 1.165) is 6.92 Å². The quantitative estimate of drug-likeness (QED) is 0.226. The van der Waals surface area contributed by atoms with Gasteiger partial charge in [-0.3, -0.25) is 4.79 Å². The van der Waals surface area contributed by atoms with E-state index in [1.54, 1.807) is 0 Å². The van der Waals surface area contributed by atoms with Gasteiger partial charge in [-0.15, -0.1) is 0 Å². The van der Waals surface area contributed by atoms with Crippen LogP contribution in [0.2, 0.25) is 0 Å². The Bertz CT molecular complexity index is 478. The first-order valence-electron chi connectivity index (χ1n) is 8.06. The Balaban J connectivity index is 2.16. The lowest BCUT2D eigenvalue weighted by molar-refractivity contribution is -0.345. The number of rotatable bonds is 5. The van der Waals surface area contributed by atoms with Crippen LogP contribution in [0.25, 0.3) is 0 Å². The summed E-state index contributed by atoms with van der Waals surface area (Å²) in [6.45, 7) is -0.195. The standard InChI is InChI=1S/C14H25NO11/c1-4(18)15-7-9(20)12(6(3-17)24-13(7)23)26-14-11(22)10(21)8(19)5(2-16)25-14/h5-14,16-17,19-23H,2-3H2,1H3,(H,15,18)/t5-,6+,7+,8-,9+,10+,11-,12+,13+,14+/m0/s1. The highest BCUT2D eigenvalue weighted by Crippen LogP contribution is 2.28. The van der Waals surface area contributed by atoms with E-state index in [-0.39, 0.29) is 0 Å². The normalized spacial score (nSPS) is 46.8. The van der Waals surface area contributed by atoms with Gasteiger partial charge < -0.3 is 55.3 Å². The molecule has 26 heavy (non-hydrogen) atoms. The SMILES string of the molecule is CC(=O)N[C@@H]1[C@@H](O)[C@H](O[C@H]2O[C@@H](CO)[C@H](O)[C@@H](O)[C@@H]2O)[C@@H](CO)O[C@H]1O. The van der Waals surface area contributed by atoms with Crippen LogP contribution in [0.5, 0.6) is 0 Å². The van der Waals surface area contributed by atoms with Gasteiger partial charge in [-0.25, -0.2) is 0 Å². The summed E-state index contributed by atoms with van der Waals surface area (Å²) in [5.74, 6) is -0.564. The van der Waals surface area contributed by atoms with Gasteiger partial charge in [0.15, 0.2) is 12.6 Å². The number of carbonyl (C=O) groups excluding carboxylic acids is 1. The summed E-state index contributed by atoms with van der Waals surface area (Å²) in [7, 11) is 0. The zero-order valence-corrected chi connectivity index (χ0v) is 14.0. The van der Waals surface area contributed by atoms with Crippen molar-refractivity contribution >= 4 is 5.91 Å². The van der Waals surface area contributed by atoms with E-state index < -0.39 is 80.5 Å². The zero-order chi connectivity index (χ0) is 19.6. The van der Waals surface area contributed by atoms with Gasteiger partial charge in [0, 0.05) is 6.92 Å². The lowest BCUT2D eigenvalue weighted by Crippen LogP contribution is -2.67. The van der Waals surface area contributed by atoms with E-state index in [4.69, 9.17) is 14.2 Å². The molecule has 0 aromatic rings. The van der Waals surface area contributed by atoms with Crippen molar-refractivity contribution < 1.29 is 54.8 Å². The Labute approximate surface area is 148 Å². The average Bonchev–Trinajstić information content (AvgIpc) is 2.60. The first-order chi connectivity index (χ1) is 12.2. The van der Waals surface area contributed by atoms with E-state index in [1.165, 1.54) is 0 Å². The Morgan fingerprint density at radius 2 is 1.54 bits per heavy atom. The van der Waals surface area contributed by atoms with Crippen LogP contribution in [0.3, 0.4) is 0 Å². The zero-order valence-electron chi connectivity index (χ0n) is 14.0. The van der Waals surface area contributed by atoms with Crippen molar-refractivity contribution in [3.8, 4) is 0 Å². The van der Waals surface area contributed by atoms with Crippen molar-refractivity contribution in [2.24, 2.45) is 0 Å². The molecule has 1 amide bonds. The summed E-state index contributed by atoms with van der Waals surface area (Å²) < 4.78 is 15.7. The highest BCUT2D eigenvalue weighted by molar-refractivity contribution is 5.73. The van der Waals surface area contributed by atoms with Crippen LogP contribution in [0.15, 0.2) is 0 Å². The first-order valence-corrected chi connectivity index (χ1v) is 8.06. The van der Waals surface area contributed by atoms with Crippen molar-refractivity contribution in [2.45, 2.75) is 68.3 Å². The van der Waals surface area contributed by atoms with Crippen molar-refractivity contribution in [1.82, 2.24) is 5.32 Å². The van der Waals surface area contributed by atoms with E-state index in [0.29, 0.717) is 0 Å². The predicted octanol–water partition coefficient (Wildman–Crippen LogP) is -5.25. The monoisotopic (exact) mass is 383 g/mol. The first kappa shape index (κ1) is 21.4. The summed E-state index contributed by atoms with van der Waals surface area (Å²) in [5, 5.41) is 70.7. The summed E-state index contributed by atoms with van der Waals surface area (Å²) in [4.78, 5) is 11.2. The molecule has 2 rings (SSSR count). The van der Waals surface area contributed by atoms with Crippen molar-refractivity contribution in [3.63, 3.8) is 0 Å². The van der Waals surface area contributed by atoms with Gasteiger partial charge in [-0.05, 0) is 0 Å². The number of hydrogen-bond acceptors (Lipinski definition) is 11. The minimum Gasteiger partial charge on any atom is -0.394 e. The van der Waals surface area contributed by atoms with Crippen molar-refractivity contribution in [1.29, 1.82) is 0 Å². The topological polar surface area (TPSA) is 198 Å². The van der Waals surface area contributed by atoms with Gasteiger partial charge in [0.1, 0.15) is 48.8 Å². The fourth-order valence-corrected chi connectivity index (χ4v) is 2.98. The van der Waals surface area contributed by atoms with Gasteiger partial charge in [0.25, 0.3) is 0 Å². The minimum absolute atomic E-state index is 0.564. The van der Waals surface area contributed by atoms with E-state index >= 15 is 0 Å². The highest BCUT2D eigenvalue weighted by Gasteiger charge is 2.50. The Morgan fingerprint density at radius 1 is 0.923 bits per heavy atom. The molecule has 0 aromatic carbocycles. The maximum Gasteiger partial charge on any atom is 0.217 e. The summed E-state index contributed by atoms with van der Waals surface area (Å²) >= 11 is 0. The van der Waals surface area contributed by atoms with Gasteiger partial charge in [-0.2, -0.15) is 0 Å². The molecule has 0 spiro atoms. The molecular weight excluding hydrogens is 358 g/mol. The number of nitrogens with one attached hydrogen (secondary N) is 1. The molecule has 0 radical (unpaired) electrons. The molecule has 12 nitrogen and oxygen atoms in total. The predicted molar refractivity (Wildman–Crippen MR) is 80.2 cm³/mol. The van der Waals surface area contributed by atoms with Gasteiger partial charge in [0.05, 0.1) is 13.2 Å². The van der Waals surface area contributed by atoms with E-state index in [9.17, 15) is 40.5 Å². The minimum atomic E-state index is -1.73. The van der Waals surface area contributed by atoms with Gasteiger partial charge >= 0.3 is 0 Å². The van der Waals surface area contributed by atoms with Gasteiger partial charge in [-0.1, -0.05) is 0 Å². The van der Waals surface area contributed by atoms with Gasteiger partial charge in [0.2, 0.25) is 5.91 Å². The summed E-state index contributed by atoms with van der Waals surface area (Å²) in [6.07, 6.45) is -13.6. The van der Waals surface area contributed by atoms with E-state index in [1.807, 2.05) is 0 Å². The van der Waals surface area contributed by atoms with Crippen LogP contribution in [0.1, 0.15) is 6.92 Å². The van der Waals surface area contributed by atoms with E-state index in [2.05, 4.69) is 5.32 Å². The molecule has 12 heteroatoms. The van der Waals surface area contributed by atoms with Crippen molar-refractivity contribution in [2.75, 3.05) is 13.2 Å². The number of aliphatic hydroxyl groups is 7. The Kier molecular flexibility index (Phi) is 7.27. The molecule has 10 atom stereocenters. The Hall–Kier alpha value is -0.930. The Morgan fingerprint density at radius 3 is 2.08 bits per heavy atom. The average molecular weight is 383 g/mol. The lowest BCUT2D eigenvalue weighted by Gasteiger charge is -2.46. The smallest absolute Gasteiger partial charge is 0.217 e. The number of amides is 1. The third-order valence-corrected chi connectivity index (χ3v) is 4.38. The molecule has 2 fully saturated rings. The fraction of sp³-hybridized carbons (Fsp3) is 0.929. The van der Waals surface area contributed by atoms with Crippen LogP contribution in [-0.4, -0.2) is 116 Å². The molecule has 2 saturated heterocycles. The number of hydrogen-bond donors (Lipinski definition) is 8. The molecule has 8 N–H and O–H groups in total. The summed E-state index contributed by atoms with van der Waals surface area (Å²) in [6, 6.07) is -1.29. The highest BCUT2D eigenvalue weighted by atomic mass is 16.7. The van der Waals surface area contributed by atoms with Crippen LogP contribution >= 0.6 is 0 Å². The third kappa shape index (κ3) is 4.31. The molecule has 2 aliphatic heterocycles. The number of aliphatic hydroxyl groups excluding tert-OH is 7. The maximum atomic E-state index is 11.2.